The van der Waals surface area contributed by atoms with Crippen LogP contribution in [0.25, 0.3) is 16.9 Å². The van der Waals surface area contributed by atoms with Crippen molar-refractivity contribution in [2.45, 2.75) is 32.9 Å². The van der Waals surface area contributed by atoms with Crippen molar-refractivity contribution in [2.75, 3.05) is 13.1 Å². The highest BCUT2D eigenvalue weighted by Crippen LogP contribution is 2.30. The molecule has 1 atom stereocenters. The molecule has 1 aromatic carbocycles. The van der Waals surface area contributed by atoms with Gasteiger partial charge in [0.15, 0.2) is 0 Å². The van der Waals surface area contributed by atoms with Crippen molar-refractivity contribution in [1.29, 1.82) is 0 Å². The van der Waals surface area contributed by atoms with E-state index in [1.54, 1.807) is 0 Å². The average molecular weight is 398 g/mol. The maximum atomic E-state index is 6.32. The Labute approximate surface area is 173 Å². The first-order valence-corrected chi connectivity index (χ1v) is 9.55. The van der Waals surface area contributed by atoms with Crippen LogP contribution < -0.4 is 5.73 Å². The van der Waals surface area contributed by atoms with E-state index in [1.807, 2.05) is 47.4 Å². The number of aromatic nitrogens is 3. The number of piperidine rings is 1. The summed E-state index contributed by atoms with van der Waals surface area (Å²) in [6.45, 7) is 7.43. The first kappa shape index (κ1) is 20.5. The Hall–Kier alpha value is -2.21. The number of likely N-dealkylation sites (tertiary alicyclic amines) is 1. The van der Waals surface area contributed by atoms with Crippen LogP contribution in [-0.4, -0.2) is 38.8 Å². The topological polar surface area (TPSA) is 60.0 Å². The molecule has 0 spiro atoms. The zero-order valence-electron chi connectivity index (χ0n) is 16.5. The second kappa shape index (κ2) is 8.43. The number of benzene rings is 1. The summed E-state index contributed by atoms with van der Waals surface area (Å²) in [4.78, 5) is 6.65. The van der Waals surface area contributed by atoms with E-state index in [0.29, 0.717) is 0 Å². The van der Waals surface area contributed by atoms with Gasteiger partial charge in [0.1, 0.15) is 0 Å². The highest BCUT2D eigenvalue weighted by atomic mass is 35.5. The van der Waals surface area contributed by atoms with Gasteiger partial charge in [-0.3, -0.25) is 9.88 Å². The number of halogens is 1. The summed E-state index contributed by atoms with van der Waals surface area (Å²) < 4.78 is 1.98. The Balaban J connectivity index is 0.00000225. The van der Waals surface area contributed by atoms with Gasteiger partial charge in [-0.1, -0.05) is 32.0 Å². The zero-order chi connectivity index (χ0) is 18.9. The molecule has 0 aliphatic carbocycles. The van der Waals surface area contributed by atoms with E-state index in [2.05, 4.69) is 42.1 Å². The second-order valence-electron chi connectivity index (χ2n) is 8.11. The minimum absolute atomic E-state index is 0. The lowest BCUT2D eigenvalue weighted by Gasteiger charge is -2.42. The largest absolute Gasteiger partial charge is 0.327 e. The summed E-state index contributed by atoms with van der Waals surface area (Å²) in [5.41, 5.74) is 10.9. The van der Waals surface area contributed by atoms with Gasteiger partial charge in [-0.2, -0.15) is 5.10 Å². The van der Waals surface area contributed by atoms with Gasteiger partial charge >= 0.3 is 0 Å². The third-order valence-electron chi connectivity index (χ3n) is 5.55. The van der Waals surface area contributed by atoms with E-state index in [9.17, 15) is 0 Å². The van der Waals surface area contributed by atoms with E-state index in [0.717, 1.165) is 43.0 Å². The summed E-state index contributed by atoms with van der Waals surface area (Å²) >= 11 is 0. The van der Waals surface area contributed by atoms with Gasteiger partial charge in [0.2, 0.25) is 0 Å². The number of hydrogen-bond acceptors (Lipinski definition) is 4. The number of nitrogens with two attached hydrogens (primary N) is 1. The Bertz CT molecular complexity index is 892. The molecule has 148 valence electrons. The molecule has 4 rings (SSSR count). The molecular weight excluding hydrogens is 370 g/mol. The molecule has 0 saturated carbocycles. The molecule has 1 saturated heterocycles. The third-order valence-corrected chi connectivity index (χ3v) is 5.55. The first-order chi connectivity index (χ1) is 13.0. The van der Waals surface area contributed by atoms with Crippen LogP contribution in [0.4, 0.5) is 0 Å². The standard InChI is InChI=1S/C22H27N5.ClH/c1-22(2)16-26(13-10-20(22)23)14-18-15-27(19-6-4-3-5-7-19)25-21(18)17-8-11-24-12-9-17;/h3-9,11-12,15,20H,10,13-14,16,23H2,1-2H3;1H. The molecule has 0 radical (unpaired) electrons. The average Bonchev–Trinajstić information content (AvgIpc) is 3.10. The predicted molar refractivity (Wildman–Crippen MR) is 116 cm³/mol. The molecule has 0 bridgehead atoms. The predicted octanol–water partition coefficient (Wildman–Crippen LogP) is 3.92. The quantitative estimate of drug-likeness (QED) is 0.724. The Morgan fingerprint density at radius 1 is 1.11 bits per heavy atom. The molecule has 2 N–H and O–H groups in total. The summed E-state index contributed by atoms with van der Waals surface area (Å²) in [6.07, 6.45) is 6.84. The fraction of sp³-hybridized carbons (Fsp3) is 0.364. The lowest BCUT2D eigenvalue weighted by Crippen LogP contribution is -2.52. The van der Waals surface area contributed by atoms with Crippen LogP contribution in [0.2, 0.25) is 0 Å². The Morgan fingerprint density at radius 3 is 2.50 bits per heavy atom. The zero-order valence-corrected chi connectivity index (χ0v) is 17.3. The number of nitrogens with zero attached hydrogens (tertiary/aromatic N) is 4. The van der Waals surface area contributed by atoms with Crippen molar-refractivity contribution >= 4 is 12.4 Å². The van der Waals surface area contributed by atoms with Crippen LogP contribution in [0.15, 0.2) is 61.1 Å². The monoisotopic (exact) mass is 397 g/mol. The van der Waals surface area contributed by atoms with Crippen molar-refractivity contribution in [1.82, 2.24) is 19.7 Å². The van der Waals surface area contributed by atoms with Gasteiger partial charge in [-0.05, 0) is 36.1 Å². The molecule has 28 heavy (non-hydrogen) atoms. The van der Waals surface area contributed by atoms with Gasteiger partial charge in [-0.15, -0.1) is 12.4 Å². The lowest BCUT2D eigenvalue weighted by molar-refractivity contribution is 0.0900. The minimum atomic E-state index is 0. The first-order valence-electron chi connectivity index (χ1n) is 9.55. The molecule has 3 heterocycles. The van der Waals surface area contributed by atoms with E-state index in [-0.39, 0.29) is 23.9 Å². The summed E-state index contributed by atoms with van der Waals surface area (Å²) in [5.74, 6) is 0. The smallest absolute Gasteiger partial charge is 0.0973 e. The van der Waals surface area contributed by atoms with E-state index < -0.39 is 0 Å². The molecule has 1 aliphatic rings. The van der Waals surface area contributed by atoms with Crippen LogP contribution in [0.1, 0.15) is 25.8 Å². The van der Waals surface area contributed by atoms with Crippen LogP contribution in [-0.2, 0) is 6.54 Å². The Kier molecular flexibility index (Phi) is 6.18. The normalized spacial score (nSPS) is 19.2. The van der Waals surface area contributed by atoms with Crippen molar-refractivity contribution in [3.63, 3.8) is 0 Å². The lowest BCUT2D eigenvalue weighted by atomic mass is 9.79. The van der Waals surface area contributed by atoms with Gasteiger partial charge in [0, 0.05) is 55.4 Å². The SMILES string of the molecule is CC1(C)CN(Cc2cn(-c3ccccc3)nc2-c2ccncc2)CCC1N.Cl. The van der Waals surface area contributed by atoms with E-state index >= 15 is 0 Å². The number of hydrogen-bond donors (Lipinski definition) is 1. The molecule has 1 fully saturated rings. The van der Waals surface area contributed by atoms with Crippen molar-refractivity contribution in [3.8, 4) is 16.9 Å². The van der Waals surface area contributed by atoms with Crippen LogP contribution in [0.5, 0.6) is 0 Å². The maximum absolute atomic E-state index is 6.32. The van der Waals surface area contributed by atoms with Crippen molar-refractivity contribution in [2.24, 2.45) is 11.1 Å². The van der Waals surface area contributed by atoms with Crippen LogP contribution in [0.3, 0.4) is 0 Å². The van der Waals surface area contributed by atoms with Crippen LogP contribution >= 0.6 is 12.4 Å². The number of pyridine rings is 1. The van der Waals surface area contributed by atoms with Crippen LogP contribution in [0, 0.1) is 5.41 Å². The fourth-order valence-electron chi connectivity index (χ4n) is 3.85. The molecular formula is C22H28ClN5. The summed E-state index contributed by atoms with van der Waals surface area (Å²) in [7, 11) is 0. The maximum Gasteiger partial charge on any atom is 0.0973 e. The second-order valence-corrected chi connectivity index (χ2v) is 8.11. The van der Waals surface area contributed by atoms with Gasteiger partial charge in [0.25, 0.3) is 0 Å². The molecule has 6 heteroatoms. The molecule has 1 aliphatic heterocycles. The van der Waals surface area contributed by atoms with Gasteiger partial charge < -0.3 is 5.73 Å². The molecule has 2 aromatic heterocycles. The Morgan fingerprint density at radius 2 is 1.82 bits per heavy atom. The molecule has 3 aromatic rings. The van der Waals surface area contributed by atoms with Crippen molar-refractivity contribution < 1.29 is 0 Å². The highest BCUT2D eigenvalue weighted by molar-refractivity contribution is 5.85. The summed E-state index contributed by atoms with van der Waals surface area (Å²) in [6, 6.07) is 14.6. The molecule has 1 unspecified atom stereocenters. The van der Waals surface area contributed by atoms with Crippen molar-refractivity contribution in [3.05, 3.63) is 66.6 Å². The fourth-order valence-corrected chi connectivity index (χ4v) is 3.85. The minimum Gasteiger partial charge on any atom is -0.327 e. The molecule has 5 nitrogen and oxygen atoms in total. The third kappa shape index (κ3) is 4.27. The van der Waals surface area contributed by atoms with Gasteiger partial charge in [0.05, 0.1) is 11.4 Å². The van der Waals surface area contributed by atoms with Gasteiger partial charge in [-0.25, -0.2) is 4.68 Å². The van der Waals surface area contributed by atoms with E-state index in [1.165, 1.54) is 5.56 Å². The molecule has 0 amide bonds. The highest BCUT2D eigenvalue weighted by Gasteiger charge is 2.33. The van der Waals surface area contributed by atoms with E-state index in [4.69, 9.17) is 10.8 Å². The number of rotatable bonds is 4. The number of para-hydroxylation sites is 1. The summed E-state index contributed by atoms with van der Waals surface area (Å²) in [5, 5.41) is 4.91.